The summed E-state index contributed by atoms with van der Waals surface area (Å²) < 4.78 is 30.8. The van der Waals surface area contributed by atoms with Crippen molar-refractivity contribution in [2.24, 2.45) is 0 Å². The van der Waals surface area contributed by atoms with Crippen molar-refractivity contribution in [1.82, 2.24) is 10.6 Å². The Kier molecular flexibility index (Phi) is 3.19. The molecule has 0 spiro atoms. The van der Waals surface area contributed by atoms with Crippen LogP contribution in [0, 0.1) is 11.6 Å². The van der Waals surface area contributed by atoms with Gasteiger partial charge in [0, 0.05) is 11.6 Å². The van der Waals surface area contributed by atoms with E-state index in [1.165, 1.54) is 6.07 Å². The van der Waals surface area contributed by atoms with Gasteiger partial charge in [-0.15, -0.1) is 0 Å². The van der Waals surface area contributed by atoms with Gasteiger partial charge in [0.1, 0.15) is 5.75 Å². The van der Waals surface area contributed by atoms with Crippen LogP contribution in [0.5, 0.6) is 5.75 Å². The molecule has 0 aliphatic heterocycles. The van der Waals surface area contributed by atoms with Crippen LogP contribution in [0.1, 0.15) is 19.3 Å². The molecule has 2 amide bonds. The van der Waals surface area contributed by atoms with Crippen molar-refractivity contribution in [2.45, 2.75) is 30.3 Å². The lowest BCUT2D eigenvalue weighted by Crippen LogP contribution is -2.83. The Morgan fingerprint density at radius 1 is 1.14 bits per heavy atom. The van der Waals surface area contributed by atoms with Crippen LogP contribution in [0.3, 0.4) is 0 Å². The largest absolute Gasteiger partial charge is 0.484 e. The average Bonchev–Trinajstić information content (AvgIpc) is 2.36. The molecule has 0 radical (unpaired) electrons. The third-order valence-electron chi connectivity index (χ3n) is 4.07. The molecule has 0 saturated heterocycles. The summed E-state index contributed by atoms with van der Waals surface area (Å²) in [5.74, 6) is -2.34. The van der Waals surface area contributed by atoms with Gasteiger partial charge in [0.25, 0.3) is 5.91 Å². The second-order valence-electron chi connectivity index (χ2n) is 5.93. The second kappa shape index (κ2) is 4.82. The summed E-state index contributed by atoms with van der Waals surface area (Å²) in [6.45, 7) is -0.313. The number of carbonyl (C=O) groups excluding carboxylic acids is 1. The van der Waals surface area contributed by atoms with E-state index < -0.39 is 23.3 Å². The summed E-state index contributed by atoms with van der Waals surface area (Å²) in [6, 6.07) is 3.03. The van der Waals surface area contributed by atoms with Gasteiger partial charge in [0.2, 0.25) is 0 Å². The van der Waals surface area contributed by atoms with E-state index in [0.717, 1.165) is 12.1 Å². The fourth-order valence-electron chi connectivity index (χ4n) is 3.33. The molecule has 118 valence electrons. The minimum Gasteiger partial charge on any atom is -0.484 e. The van der Waals surface area contributed by atoms with Gasteiger partial charge in [-0.05, 0) is 31.4 Å². The normalized spacial score (nSPS) is 28.1. The second-order valence-corrected chi connectivity index (χ2v) is 5.93. The van der Waals surface area contributed by atoms with Crippen molar-refractivity contribution in [3.63, 3.8) is 0 Å². The predicted molar refractivity (Wildman–Crippen MR) is 70.5 cm³/mol. The van der Waals surface area contributed by atoms with Crippen LogP contribution >= 0.6 is 0 Å². The first kappa shape index (κ1) is 14.6. The number of halogens is 2. The zero-order valence-corrected chi connectivity index (χ0v) is 11.5. The maximum atomic E-state index is 13.0. The molecule has 2 bridgehead atoms. The molecular weight excluding hydrogens is 298 g/mol. The van der Waals surface area contributed by atoms with Crippen molar-refractivity contribution in [1.29, 1.82) is 0 Å². The van der Waals surface area contributed by atoms with Crippen LogP contribution in [-0.2, 0) is 4.79 Å². The molecule has 4 rings (SSSR count). The van der Waals surface area contributed by atoms with E-state index in [0.29, 0.717) is 19.3 Å². The van der Waals surface area contributed by atoms with Crippen LogP contribution in [0.15, 0.2) is 18.2 Å². The van der Waals surface area contributed by atoms with Crippen molar-refractivity contribution in [3.8, 4) is 5.75 Å². The van der Waals surface area contributed by atoms with Crippen LogP contribution in [0.4, 0.5) is 13.6 Å². The molecule has 3 aliphatic rings. The molecule has 3 aliphatic carbocycles. The van der Waals surface area contributed by atoms with Gasteiger partial charge in [-0.3, -0.25) is 4.79 Å². The molecule has 22 heavy (non-hydrogen) atoms. The maximum Gasteiger partial charge on any atom is 0.405 e. The van der Waals surface area contributed by atoms with E-state index in [9.17, 15) is 18.4 Å². The van der Waals surface area contributed by atoms with Crippen molar-refractivity contribution in [3.05, 3.63) is 29.8 Å². The molecule has 1 aromatic carbocycles. The van der Waals surface area contributed by atoms with E-state index >= 15 is 0 Å². The number of amides is 2. The van der Waals surface area contributed by atoms with Crippen molar-refractivity contribution in [2.75, 3.05) is 6.61 Å². The first-order chi connectivity index (χ1) is 10.3. The third-order valence-corrected chi connectivity index (χ3v) is 4.07. The van der Waals surface area contributed by atoms with Gasteiger partial charge in [0.15, 0.2) is 18.2 Å². The number of rotatable bonds is 5. The quantitative estimate of drug-likeness (QED) is 0.767. The molecule has 0 unspecified atom stereocenters. The molecular formula is C14H14F2N2O4. The highest BCUT2D eigenvalue weighted by molar-refractivity contribution is 5.79. The van der Waals surface area contributed by atoms with Gasteiger partial charge >= 0.3 is 6.09 Å². The lowest BCUT2D eigenvalue weighted by atomic mass is 9.44. The van der Waals surface area contributed by atoms with Gasteiger partial charge in [-0.1, -0.05) is 0 Å². The SMILES string of the molecule is O=C(O)NC12CC(NC(=O)COc3ccc(F)c(F)c3)(C1)C2. The standard InChI is InChI=1S/C14H14F2N2O4/c15-9-2-1-8(3-10(9)16)22-4-11(19)17-13-5-14(6-13,7-13)18-12(20)21/h1-3,18H,4-7H2,(H,17,19)(H,20,21). The fraction of sp³-hybridized carbons (Fsp3) is 0.429. The molecule has 8 heteroatoms. The number of ether oxygens (including phenoxy) is 1. The van der Waals surface area contributed by atoms with E-state index in [-0.39, 0.29) is 23.8 Å². The van der Waals surface area contributed by atoms with E-state index in [1.54, 1.807) is 0 Å². The zero-order valence-electron chi connectivity index (χ0n) is 11.5. The fourth-order valence-corrected chi connectivity index (χ4v) is 3.33. The smallest absolute Gasteiger partial charge is 0.405 e. The molecule has 3 N–H and O–H groups in total. The molecule has 6 nitrogen and oxygen atoms in total. The van der Waals surface area contributed by atoms with Crippen LogP contribution in [-0.4, -0.2) is 34.8 Å². The van der Waals surface area contributed by atoms with Gasteiger partial charge in [-0.25, -0.2) is 13.6 Å². The number of hydrogen-bond donors (Lipinski definition) is 3. The summed E-state index contributed by atoms with van der Waals surface area (Å²) in [5, 5.41) is 13.9. The summed E-state index contributed by atoms with van der Waals surface area (Å²) in [4.78, 5) is 22.4. The van der Waals surface area contributed by atoms with Crippen molar-refractivity contribution < 1.29 is 28.2 Å². The summed E-state index contributed by atoms with van der Waals surface area (Å²) in [7, 11) is 0. The molecule has 1 aromatic rings. The number of carbonyl (C=O) groups is 2. The lowest BCUT2D eigenvalue weighted by Gasteiger charge is -2.69. The Hall–Kier alpha value is -2.38. The zero-order chi connectivity index (χ0) is 16.0. The summed E-state index contributed by atoms with van der Waals surface area (Å²) >= 11 is 0. The van der Waals surface area contributed by atoms with Gasteiger partial charge in [0.05, 0.1) is 5.54 Å². The highest BCUT2D eigenvalue weighted by atomic mass is 19.2. The number of hydrogen-bond acceptors (Lipinski definition) is 3. The Balaban J connectivity index is 1.45. The highest BCUT2D eigenvalue weighted by Crippen LogP contribution is 2.60. The summed E-state index contributed by atoms with van der Waals surface area (Å²) in [5.41, 5.74) is -0.767. The van der Waals surface area contributed by atoms with E-state index in [2.05, 4.69) is 10.6 Å². The maximum absolute atomic E-state index is 13.0. The topological polar surface area (TPSA) is 87.7 Å². The van der Waals surface area contributed by atoms with E-state index in [4.69, 9.17) is 9.84 Å². The number of carboxylic acid groups (broad SMARTS) is 1. The minimum absolute atomic E-state index is 0.0654. The molecule has 3 saturated carbocycles. The van der Waals surface area contributed by atoms with Crippen LogP contribution in [0.2, 0.25) is 0 Å². The first-order valence-electron chi connectivity index (χ1n) is 6.72. The number of nitrogens with one attached hydrogen (secondary N) is 2. The third kappa shape index (κ3) is 2.56. The van der Waals surface area contributed by atoms with Crippen LogP contribution in [0.25, 0.3) is 0 Å². The monoisotopic (exact) mass is 312 g/mol. The Morgan fingerprint density at radius 2 is 1.77 bits per heavy atom. The highest BCUT2D eigenvalue weighted by Gasteiger charge is 2.69. The molecule has 3 fully saturated rings. The molecule has 0 atom stereocenters. The van der Waals surface area contributed by atoms with Gasteiger partial charge in [-0.2, -0.15) is 0 Å². The predicted octanol–water partition coefficient (Wildman–Crippen LogP) is 1.40. The summed E-state index contributed by atoms with van der Waals surface area (Å²) in [6.07, 6.45) is 0.608. The number of benzene rings is 1. The Bertz CT molecular complexity index is 630. The minimum atomic E-state index is -1.07. The molecule has 0 heterocycles. The van der Waals surface area contributed by atoms with E-state index in [1.807, 2.05) is 0 Å². The average molecular weight is 312 g/mol. The van der Waals surface area contributed by atoms with Crippen molar-refractivity contribution >= 4 is 12.0 Å². The van der Waals surface area contributed by atoms with Gasteiger partial charge < -0.3 is 20.5 Å². The molecule has 0 aromatic heterocycles. The Labute approximate surface area is 124 Å². The first-order valence-corrected chi connectivity index (χ1v) is 6.72. The van der Waals surface area contributed by atoms with Crippen LogP contribution < -0.4 is 15.4 Å². The Morgan fingerprint density at radius 3 is 2.36 bits per heavy atom. The lowest BCUT2D eigenvalue weighted by molar-refractivity contribution is -0.141.